The number of rotatable bonds is 9. The van der Waals surface area contributed by atoms with Crippen LogP contribution in [0.3, 0.4) is 0 Å². The number of guanidine groups is 1. The van der Waals surface area contributed by atoms with E-state index >= 15 is 0 Å². The van der Waals surface area contributed by atoms with Crippen molar-refractivity contribution in [2.24, 2.45) is 4.99 Å². The molecule has 6 nitrogen and oxygen atoms in total. The van der Waals surface area contributed by atoms with Crippen molar-refractivity contribution < 1.29 is 8.42 Å². The van der Waals surface area contributed by atoms with Crippen LogP contribution in [-0.2, 0) is 10.0 Å². The molecule has 0 aliphatic heterocycles. The van der Waals surface area contributed by atoms with Crippen molar-refractivity contribution in [3.05, 3.63) is 30.3 Å². The number of benzene rings is 1. The Morgan fingerprint density at radius 1 is 1.22 bits per heavy atom. The van der Waals surface area contributed by atoms with E-state index < -0.39 is 10.0 Å². The maximum absolute atomic E-state index is 11.0. The van der Waals surface area contributed by atoms with Gasteiger partial charge in [-0.2, -0.15) is 0 Å². The van der Waals surface area contributed by atoms with Gasteiger partial charge < -0.3 is 10.6 Å². The summed E-state index contributed by atoms with van der Waals surface area (Å²) >= 11 is 1.78. The first kappa shape index (κ1) is 19.8. The minimum absolute atomic E-state index is 0.331. The Morgan fingerprint density at radius 3 is 2.52 bits per heavy atom. The third-order valence-electron chi connectivity index (χ3n) is 2.71. The number of aliphatic imine (C=N–C) groups is 1. The molecule has 8 heteroatoms. The van der Waals surface area contributed by atoms with Gasteiger partial charge in [-0.25, -0.2) is 13.1 Å². The van der Waals surface area contributed by atoms with E-state index in [1.807, 2.05) is 25.1 Å². The summed E-state index contributed by atoms with van der Waals surface area (Å²) in [4.78, 5) is 5.77. The van der Waals surface area contributed by atoms with Crippen molar-refractivity contribution in [3.8, 4) is 0 Å². The van der Waals surface area contributed by atoms with Crippen LogP contribution in [0.15, 0.2) is 40.2 Å². The highest BCUT2D eigenvalue weighted by Crippen LogP contribution is 2.22. The molecule has 0 spiro atoms. The van der Waals surface area contributed by atoms with Gasteiger partial charge in [-0.3, -0.25) is 4.99 Å². The Morgan fingerprint density at radius 2 is 1.91 bits per heavy atom. The van der Waals surface area contributed by atoms with Crippen LogP contribution >= 0.6 is 11.8 Å². The lowest BCUT2D eigenvalue weighted by Gasteiger charge is -2.13. The van der Waals surface area contributed by atoms with E-state index in [2.05, 4.69) is 39.4 Å². The largest absolute Gasteiger partial charge is 0.357 e. The topological polar surface area (TPSA) is 82.6 Å². The van der Waals surface area contributed by atoms with Gasteiger partial charge in [-0.15, -0.1) is 11.8 Å². The number of sulfonamides is 1. The van der Waals surface area contributed by atoms with E-state index in [9.17, 15) is 8.42 Å². The fourth-order valence-corrected chi connectivity index (χ4v) is 3.15. The van der Waals surface area contributed by atoms with E-state index in [1.165, 1.54) is 4.90 Å². The first-order chi connectivity index (χ1) is 10.9. The number of nitrogens with one attached hydrogen (secondary N) is 3. The molecule has 0 bridgehead atoms. The number of hydrogen-bond acceptors (Lipinski definition) is 4. The Kier molecular flexibility index (Phi) is 9.05. The maximum atomic E-state index is 11.0. The standard InChI is InChI=1S/C15H26N4O2S2/c1-4-16-15(17-10-11-19-23(3,20)21)18-12-13(2)22-14-8-6-5-7-9-14/h5-9,13,19H,4,10-12H2,1-3H3,(H2,16,17,18). The lowest BCUT2D eigenvalue weighted by Crippen LogP contribution is -2.41. The Hall–Kier alpha value is -1.25. The third-order valence-corrected chi connectivity index (χ3v) is 4.54. The number of nitrogens with zero attached hydrogens (tertiary/aromatic N) is 1. The van der Waals surface area contributed by atoms with Crippen molar-refractivity contribution in [2.45, 2.75) is 24.0 Å². The molecular formula is C15H26N4O2S2. The van der Waals surface area contributed by atoms with Crippen molar-refractivity contribution in [1.29, 1.82) is 0 Å². The van der Waals surface area contributed by atoms with Crippen LogP contribution < -0.4 is 15.4 Å². The summed E-state index contributed by atoms with van der Waals surface area (Å²) in [5, 5.41) is 6.62. The zero-order valence-corrected chi connectivity index (χ0v) is 15.5. The Labute approximate surface area is 143 Å². The molecular weight excluding hydrogens is 332 g/mol. The third kappa shape index (κ3) is 10.2. The average molecular weight is 359 g/mol. The van der Waals surface area contributed by atoms with Crippen LogP contribution in [0, 0.1) is 0 Å². The monoisotopic (exact) mass is 358 g/mol. The van der Waals surface area contributed by atoms with E-state index in [1.54, 1.807) is 11.8 Å². The lowest BCUT2D eigenvalue weighted by atomic mass is 10.4. The second-order valence-corrected chi connectivity index (χ2v) is 8.40. The summed E-state index contributed by atoms with van der Waals surface area (Å²) in [6.45, 7) is 6.38. The van der Waals surface area contributed by atoms with Crippen LogP contribution in [-0.4, -0.2) is 52.1 Å². The molecule has 0 aliphatic carbocycles. The lowest BCUT2D eigenvalue weighted by molar-refractivity contribution is 0.586. The minimum atomic E-state index is -3.15. The Bertz CT molecular complexity index is 576. The predicted molar refractivity (Wildman–Crippen MR) is 98.6 cm³/mol. The summed E-state index contributed by atoms with van der Waals surface area (Å²) in [5.41, 5.74) is 0. The molecule has 1 rings (SSSR count). The van der Waals surface area contributed by atoms with Gasteiger partial charge in [0.1, 0.15) is 0 Å². The van der Waals surface area contributed by atoms with E-state index in [4.69, 9.17) is 0 Å². The quantitative estimate of drug-likeness (QED) is 0.268. The molecule has 1 aromatic carbocycles. The number of thioether (sulfide) groups is 1. The van der Waals surface area contributed by atoms with Crippen molar-refractivity contribution in [3.63, 3.8) is 0 Å². The van der Waals surface area contributed by atoms with Gasteiger partial charge >= 0.3 is 0 Å². The second kappa shape index (κ2) is 10.5. The van der Waals surface area contributed by atoms with Gasteiger partial charge in [0.25, 0.3) is 0 Å². The normalized spacial score (nSPS) is 13.6. The van der Waals surface area contributed by atoms with E-state index in [0.29, 0.717) is 30.8 Å². The van der Waals surface area contributed by atoms with Crippen LogP contribution in [0.4, 0.5) is 0 Å². The van der Waals surface area contributed by atoms with Crippen LogP contribution in [0.1, 0.15) is 13.8 Å². The highest BCUT2D eigenvalue weighted by atomic mass is 32.2. The van der Waals surface area contributed by atoms with Gasteiger partial charge in [-0.05, 0) is 19.1 Å². The number of hydrogen-bond donors (Lipinski definition) is 3. The fraction of sp³-hybridized carbons (Fsp3) is 0.533. The summed E-state index contributed by atoms with van der Waals surface area (Å²) in [6.07, 6.45) is 1.15. The predicted octanol–water partition coefficient (Wildman–Crippen LogP) is 1.27. The zero-order valence-electron chi connectivity index (χ0n) is 13.9. The van der Waals surface area contributed by atoms with Crippen LogP contribution in [0.25, 0.3) is 0 Å². The zero-order chi connectivity index (χ0) is 17.1. The molecule has 0 heterocycles. The molecule has 0 aromatic heterocycles. The minimum Gasteiger partial charge on any atom is -0.357 e. The van der Waals surface area contributed by atoms with Crippen molar-refractivity contribution in [1.82, 2.24) is 15.4 Å². The van der Waals surface area contributed by atoms with Gasteiger partial charge in [-0.1, -0.05) is 25.1 Å². The molecule has 23 heavy (non-hydrogen) atoms. The molecule has 0 radical (unpaired) electrons. The molecule has 1 unspecified atom stereocenters. The molecule has 0 aliphatic rings. The molecule has 0 saturated heterocycles. The molecule has 0 fully saturated rings. The van der Waals surface area contributed by atoms with Gasteiger partial charge in [0.05, 0.1) is 12.8 Å². The highest BCUT2D eigenvalue weighted by Gasteiger charge is 2.05. The summed E-state index contributed by atoms with van der Waals surface area (Å²) in [6, 6.07) is 10.2. The van der Waals surface area contributed by atoms with Crippen molar-refractivity contribution >= 4 is 27.7 Å². The fourth-order valence-electron chi connectivity index (χ4n) is 1.75. The van der Waals surface area contributed by atoms with Crippen molar-refractivity contribution in [2.75, 3.05) is 32.4 Å². The summed E-state index contributed by atoms with van der Waals surface area (Å²) in [5.74, 6) is 0.698. The summed E-state index contributed by atoms with van der Waals surface area (Å²) in [7, 11) is -3.15. The Balaban J connectivity index is 2.41. The molecule has 3 N–H and O–H groups in total. The molecule has 130 valence electrons. The molecule has 1 aromatic rings. The average Bonchev–Trinajstić information content (AvgIpc) is 2.49. The summed E-state index contributed by atoms with van der Waals surface area (Å²) < 4.78 is 24.4. The first-order valence-corrected chi connectivity index (χ1v) is 10.4. The molecule has 0 amide bonds. The van der Waals surface area contributed by atoms with E-state index in [0.717, 1.165) is 12.8 Å². The van der Waals surface area contributed by atoms with Gasteiger partial charge in [0.2, 0.25) is 10.0 Å². The van der Waals surface area contributed by atoms with Gasteiger partial charge in [0.15, 0.2) is 5.96 Å². The van der Waals surface area contributed by atoms with E-state index in [-0.39, 0.29) is 0 Å². The highest BCUT2D eigenvalue weighted by molar-refractivity contribution is 8.00. The smallest absolute Gasteiger partial charge is 0.208 e. The second-order valence-electron chi connectivity index (χ2n) is 5.05. The van der Waals surface area contributed by atoms with Crippen LogP contribution in [0.2, 0.25) is 0 Å². The first-order valence-electron chi connectivity index (χ1n) is 7.59. The molecule has 0 saturated carbocycles. The van der Waals surface area contributed by atoms with Crippen LogP contribution in [0.5, 0.6) is 0 Å². The SMILES string of the molecule is CCNC(=NCC(C)Sc1ccccc1)NCCNS(C)(=O)=O. The maximum Gasteiger partial charge on any atom is 0.208 e. The molecule has 1 atom stereocenters. The van der Waals surface area contributed by atoms with Gasteiger partial charge in [0, 0.05) is 29.8 Å².